The molecule has 0 radical (unpaired) electrons. The minimum Gasteiger partial charge on any atom is -0.504 e. The number of nitrogens with one attached hydrogen (secondary N) is 2. The van der Waals surface area contributed by atoms with E-state index in [4.69, 9.17) is 16.2 Å². The van der Waals surface area contributed by atoms with Gasteiger partial charge in [0.25, 0.3) is 0 Å². The molecular formula is C11H14N6O2S2. The number of benzene rings is 1. The maximum absolute atomic E-state index is 9.90. The van der Waals surface area contributed by atoms with E-state index in [1.807, 2.05) is 0 Å². The molecule has 0 unspecified atom stereocenters. The van der Waals surface area contributed by atoms with E-state index in [0.29, 0.717) is 11.1 Å². The summed E-state index contributed by atoms with van der Waals surface area (Å²) in [5.74, 6) is 0.177. The Labute approximate surface area is 131 Å². The lowest BCUT2D eigenvalue weighted by molar-refractivity contribution is 0.373. The first-order valence-corrected chi connectivity index (χ1v) is 6.33. The zero-order chi connectivity index (χ0) is 15.8. The van der Waals surface area contributed by atoms with Gasteiger partial charge in [-0.3, -0.25) is 10.9 Å². The number of hydrogen-bond donors (Lipinski definition) is 5. The molecule has 0 spiro atoms. The number of hydrazone groups is 2. The summed E-state index contributed by atoms with van der Waals surface area (Å²) in [4.78, 5) is 0. The number of nitrogens with zero attached hydrogens (tertiary/aromatic N) is 2. The second-order valence-electron chi connectivity index (χ2n) is 3.63. The molecule has 0 amide bonds. The lowest BCUT2D eigenvalue weighted by Crippen LogP contribution is -2.24. The summed E-state index contributed by atoms with van der Waals surface area (Å²) in [5.41, 5.74) is 16.4. The van der Waals surface area contributed by atoms with Crippen LogP contribution < -0.4 is 27.1 Å². The van der Waals surface area contributed by atoms with Crippen LogP contribution in [-0.2, 0) is 0 Å². The average molecular weight is 326 g/mol. The van der Waals surface area contributed by atoms with Crippen molar-refractivity contribution in [3.05, 3.63) is 23.3 Å². The Hall–Kier alpha value is -2.46. The van der Waals surface area contributed by atoms with Crippen molar-refractivity contribution in [3.8, 4) is 11.5 Å². The SMILES string of the molecule is COc1c(O)cc(/C=N\NC(N)=S)cc1/C=N\NC(N)=S. The van der Waals surface area contributed by atoms with Crippen molar-refractivity contribution in [1.82, 2.24) is 10.9 Å². The number of phenolic OH excluding ortho intramolecular Hbond substituents is 1. The number of nitrogens with two attached hydrogens (primary N) is 2. The number of aromatic hydroxyl groups is 1. The topological polar surface area (TPSA) is 130 Å². The van der Waals surface area contributed by atoms with Crippen LogP contribution in [0.3, 0.4) is 0 Å². The Bertz CT molecular complexity index is 603. The van der Waals surface area contributed by atoms with Crippen LogP contribution in [0.25, 0.3) is 0 Å². The molecule has 1 aromatic rings. The summed E-state index contributed by atoms with van der Waals surface area (Å²) in [5, 5.41) is 17.6. The minimum absolute atomic E-state index is 0.0211. The van der Waals surface area contributed by atoms with Crippen LogP contribution in [0.2, 0.25) is 0 Å². The van der Waals surface area contributed by atoms with Gasteiger partial charge in [0.05, 0.1) is 19.5 Å². The van der Waals surface area contributed by atoms with E-state index in [0.717, 1.165) is 0 Å². The van der Waals surface area contributed by atoms with Crippen molar-refractivity contribution >= 4 is 47.1 Å². The normalized spacial score (nSPS) is 10.7. The van der Waals surface area contributed by atoms with Gasteiger partial charge in [0.15, 0.2) is 21.7 Å². The maximum atomic E-state index is 9.90. The van der Waals surface area contributed by atoms with E-state index in [1.165, 1.54) is 25.6 Å². The van der Waals surface area contributed by atoms with E-state index in [1.54, 1.807) is 6.07 Å². The lowest BCUT2D eigenvalue weighted by Gasteiger charge is -2.08. The number of rotatable bonds is 5. The third-order valence-electron chi connectivity index (χ3n) is 2.09. The van der Waals surface area contributed by atoms with E-state index >= 15 is 0 Å². The molecule has 112 valence electrons. The molecule has 0 aliphatic carbocycles. The molecule has 0 atom stereocenters. The monoisotopic (exact) mass is 326 g/mol. The lowest BCUT2D eigenvalue weighted by atomic mass is 10.1. The first-order valence-electron chi connectivity index (χ1n) is 5.52. The fourth-order valence-electron chi connectivity index (χ4n) is 1.39. The Balaban J connectivity index is 3.06. The zero-order valence-corrected chi connectivity index (χ0v) is 12.7. The largest absolute Gasteiger partial charge is 0.504 e. The molecule has 7 N–H and O–H groups in total. The Morgan fingerprint density at radius 2 is 1.76 bits per heavy atom. The summed E-state index contributed by atoms with van der Waals surface area (Å²) >= 11 is 9.24. The summed E-state index contributed by atoms with van der Waals surface area (Å²) in [6.45, 7) is 0. The fourth-order valence-corrected chi connectivity index (χ4v) is 1.49. The zero-order valence-electron chi connectivity index (χ0n) is 11.0. The van der Waals surface area contributed by atoms with Crippen molar-refractivity contribution in [2.45, 2.75) is 0 Å². The number of thiocarbonyl (C=S) groups is 2. The number of ether oxygens (including phenoxy) is 1. The molecule has 0 fully saturated rings. The van der Waals surface area contributed by atoms with Crippen LogP contribution in [0.15, 0.2) is 22.3 Å². The van der Waals surface area contributed by atoms with Crippen LogP contribution in [0.1, 0.15) is 11.1 Å². The molecule has 0 aliphatic heterocycles. The van der Waals surface area contributed by atoms with Gasteiger partial charge < -0.3 is 21.3 Å². The molecule has 1 aromatic carbocycles. The Morgan fingerprint density at radius 3 is 2.29 bits per heavy atom. The maximum Gasteiger partial charge on any atom is 0.184 e. The molecule has 0 saturated carbocycles. The highest BCUT2D eigenvalue weighted by Gasteiger charge is 2.09. The molecule has 21 heavy (non-hydrogen) atoms. The molecule has 0 aliphatic rings. The van der Waals surface area contributed by atoms with Crippen LogP contribution in [-0.4, -0.2) is 34.9 Å². The standard InChI is InChI=1S/C11H14N6O2S2/c1-19-9-7(5-15-17-11(13)21)2-6(3-8(9)18)4-14-16-10(12)20/h2-5,18H,1H3,(H3,12,16,20)(H3,13,17,21)/b14-4-,15-5-. The smallest absolute Gasteiger partial charge is 0.184 e. The number of methoxy groups -OCH3 is 1. The van der Waals surface area contributed by atoms with Crippen LogP contribution in [0, 0.1) is 0 Å². The molecule has 10 heteroatoms. The van der Waals surface area contributed by atoms with E-state index in [-0.39, 0.29) is 21.7 Å². The predicted molar refractivity (Wildman–Crippen MR) is 89.7 cm³/mol. The second-order valence-corrected chi connectivity index (χ2v) is 4.51. The van der Waals surface area contributed by atoms with Gasteiger partial charge in [-0.15, -0.1) is 0 Å². The van der Waals surface area contributed by atoms with Gasteiger partial charge in [0, 0.05) is 5.56 Å². The van der Waals surface area contributed by atoms with Crippen LogP contribution in [0.5, 0.6) is 11.5 Å². The first-order chi connectivity index (χ1) is 9.93. The highest BCUT2D eigenvalue weighted by molar-refractivity contribution is 7.80. The van der Waals surface area contributed by atoms with Crippen LogP contribution in [0.4, 0.5) is 0 Å². The van der Waals surface area contributed by atoms with Crippen molar-refractivity contribution in [3.63, 3.8) is 0 Å². The third-order valence-corrected chi connectivity index (χ3v) is 2.27. The van der Waals surface area contributed by atoms with Crippen LogP contribution >= 0.6 is 24.4 Å². The van der Waals surface area contributed by atoms with E-state index in [9.17, 15) is 5.11 Å². The average Bonchev–Trinajstić information content (AvgIpc) is 2.37. The summed E-state index contributed by atoms with van der Waals surface area (Å²) < 4.78 is 5.10. The highest BCUT2D eigenvalue weighted by atomic mass is 32.1. The second kappa shape index (κ2) is 7.97. The van der Waals surface area contributed by atoms with Crippen molar-refractivity contribution < 1.29 is 9.84 Å². The van der Waals surface area contributed by atoms with Gasteiger partial charge in [-0.2, -0.15) is 10.2 Å². The number of hydrogen-bond acceptors (Lipinski definition) is 6. The summed E-state index contributed by atoms with van der Waals surface area (Å²) in [6.07, 6.45) is 2.83. The number of phenols is 1. The van der Waals surface area contributed by atoms with Gasteiger partial charge in [-0.05, 0) is 42.1 Å². The molecule has 1 rings (SSSR count). The fraction of sp³-hybridized carbons (Fsp3) is 0.0909. The third kappa shape index (κ3) is 5.58. The van der Waals surface area contributed by atoms with Crippen molar-refractivity contribution in [2.24, 2.45) is 21.7 Å². The van der Waals surface area contributed by atoms with Crippen molar-refractivity contribution in [2.75, 3.05) is 7.11 Å². The van der Waals surface area contributed by atoms with Gasteiger partial charge in [0.2, 0.25) is 0 Å². The minimum atomic E-state index is -0.0754. The van der Waals surface area contributed by atoms with Gasteiger partial charge in [-0.25, -0.2) is 0 Å². The summed E-state index contributed by atoms with van der Waals surface area (Å²) in [6, 6.07) is 3.13. The molecule has 0 aromatic heterocycles. The molecule has 8 nitrogen and oxygen atoms in total. The summed E-state index contributed by atoms with van der Waals surface area (Å²) in [7, 11) is 1.43. The Morgan fingerprint density at radius 1 is 1.19 bits per heavy atom. The molecule has 0 heterocycles. The highest BCUT2D eigenvalue weighted by Crippen LogP contribution is 2.30. The van der Waals surface area contributed by atoms with Crippen molar-refractivity contribution in [1.29, 1.82) is 0 Å². The molecule has 0 saturated heterocycles. The quantitative estimate of drug-likeness (QED) is 0.284. The van der Waals surface area contributed by atoms with E-state index < -0.39 is 0 Å². The van der Waals surface area contributed by atoms with Gasteiger partial charge in [0.1, 0.15) is 0 Å². The molecular weight excluding hydrogens is 312 g/mol. The molecule has 0 bridgehead atoms. The van der Waals surface area contributed by atoms with Gasteiger partial charge >= 0.3 is 0 Å². The Kier molecular flexibility index (Phi) is 6.30. The first kappa shape index (κ1) is 16.6. The van der Waals surface area contributed by atoms with E-state index in [2.05, 4.69) is 45.5 Å². The predicted octanol–water partition coefficient (Wildman–Crippen LogP) is -0.265. The van der Waals surface area contributed by atoms with Gasteiger partial charge in [-0.1, -0.05) is 0 Å².